The van der Waals surface area contributed by atoms with E-state index in [0.29, 0.717) is 27.9 Å². The van der Waals surface area contributed by atoms with Gasteiger partial charge in [-0.3, -0.25) is 13.9 Å². The molecule has 0 saturated carbocycles. The van der Waals surface area contributed by atoms with Gasteiger partial charge in [-0.1, -0.05) is 77.8 Å². The topological polar surface area (TPSA) is 96.0 Å². The lowest BCUT2D eigenvalue weighted by molar-refractivity contribution is -0.140. The van der Waals surface area contributed by atoms with Gasteiger partial charge in [-0.25, -0.2) is 8.42 Å². The van der Waals surface area contributed by atoms with Crippen LogP contribution in [-0.2, 0) is 32.6 Å². The molecule has 0 radical (unpaired) electrons. The maximum absolute atomic E-state index is 14.4. The van der Waals surface area contributed by atoms with E-state index in [1.807, 2.05) is 30.3 Å². The first-order valence-corrected chi connectivity index (χ1v) is 16.1. The number of anilines is 1. The third-order valence-electron chi connectivity index (χ3n) is 6.98. The molecule has 0 saturated heterocycles. The van der Waals surface area contributed by atoms with Crippen molar-refractivity contribution in [3.63, 3.8) is 0 Å². The molecule has 4 rings (SSSR count). The molecular formula is C33H33Cl2N3O5S. The monoisotopic (exact) mass is 653 g/mol. The molecule has 0 aromatic heterocycles. The van der Waals surface area contributed by atoms with E-state index >= 15 is 0 Å². The van der Waals surface area contributed by atoms with Crippen molar-refractivity contribution in [3.8, 4) is 5.75 Å². The summed E-state index contributed by atoms with van der Waals surface area (Å²) in [7, 11) is -2.75. The molecule has 0 unspecified atom stereocenters. The predicted octanol–water partition coefficient (Wildman–Crippen LogP) is 5.97. The fourth-order valence-electron chi connectivity index (χ4n) is 4.70. The first-order chi connectivity index (χ1) is 21.1. The number of sulfonamides is 1. The zero-order valence-electron chi connectivity index (χ0n) is 24.3. The van der Waals surface area contributed by atoms with Crippen LogP contribution < -0.4 is 14.4 Å². The highest BCUT2D eigenvalue weighted by molar-refractivity contribution is 7.92. The van der Waals surface area contributed by atoms with Gasteiger partial charge in [0.05, 0.1) is 17.7 Å². The molecule has 0 aliphatic rings. The Morgan fingerprint density at radius 2 is 1.43 bits per heavy atom. The van der Waals surface area contributed by atoms with Crippen molar-refractivity contribution in [3.05, 3.63) is 124 Å². The average Bonchev–Trinajstić information content (AvgIpc) is 3.03. The van der Waals surface area contributed by atoms with Gasteiger partial charge in [0.2, 0.25) is 11.8 Å². The van der Waals surface area contributed by atoms with E-state index in [1.54, 1.807) is 55.5 Å². The number of methoxy groups -OCH3 is 1. The number of likely N-dealkylation sites (N-methyl/N-ethyl adjacent to an activating group) is 1. The average molecular weight is 655 g/mol. The normalized spacial score (nSPS) is 11.8. The summed E-state index contributed by atoms with van der Waals surface area (Å²) in [5, 5.41) is 3.46. The first-order valence-electron chi connectivity index (χ1n) is 13.9. The van der Waals surface area contributed by atoms with Gasteiger partial charge >= 0.3 is 0 Å². The molecule has 4 aromatic rings. The molecule has 44 heavy (non-hydrogen) atoms. The van der Waals surface area contributed by atoms with Gasteiger partial charge in [-0.2, -0.15) is 0 Å². The molecule has 11 heteroatoms. The lowest BCUT2D eigenvalue weighted by atomic mass is 10.0. The van der Waals surface area contributed by atoms with Crippen LogP contribution in [0.5, 0.6) is 5.75 Å². The van der Waals surface area contributed by atoms with Gasteiger partial charge in [0.15, 0.2) is 0 Å². The van der Waals surface area contributed by atoms with Gasteiger partial charge in [0.25, 0.3) is 10.0 Å². The summed E-state index contributed by atoms with van der Waals surface area (Å²) in [5.41, 5.74) is 1.54. The molecular weight excluding hydrogens is 621 g/mol. The number of halogens is 2. The van der Waals surface area contributed by atoms with Gasteiger partial charge in [-0.05, 0) is 61.0 Å². The van der Waals surface area contributed by atoms with E-state index in [1.165, 1.54) is 36.3 Å². The Morgan fingerprint density at radius 3 is 2.00 bits per heavy atom. The lowest BCUT2D eigenvalue weighted by Gasteiger charge is -2.34. The first kappa shape index (κ1) is 32.9. The number of hydrogen-bond acceptors (Lipinski definition) is 5. The third-order valence-corrected chi connectivity index (χ3v) is 9.48. The molecule has 4 aromatic carbocycles. The van der Waals surface area contributed by atoms with E-state index in [-0.39, 0.29) is 23.5 Å². The summed E-state index contributed by atoms with van der Waals surface area (Å²) in [6.07, 6.45) is 0.178. The van der Waals surface area contributed by atoms with Crippen LogP contribution in [0.2, 0.25) is 10.0 Å². The van der Waals surface area contributed by atoms with Crippen LogP contribution in [0.4, 0.5) is 5.69 Å². The van der Waals surface area contributed by atoms with Crippen molar-refractivity contribution in [1.29, 1.82) is 0 Å². The second kappa shape index (κ2) is 15.1. The fraction of sp³-hybridized carbons (Fsp3) is 0.212. The van der Waals surface area contributed by atoms with Gasteiger partial charge < -0.3 is 15.0 Å². The van der Waals surface area contributed by atoms with Crippen molar-refractivity contribution in [2.75, 3.05) is 24.5 Å². The number of ether oxygens (including phenoxy) is 1. The van der Waals surface area contributed by atoms with E-state index in [4.69, 9.17) is 27.9 Å². The molecule has 8 nitrogen and oxygen atoms in total. The van der Waals surface area contributed by atoms with Crippen LogP contribution in [0.25, 0.3) is 0 Å². The van der Waals surface area contributed by atoms with Crippen LogP contribution >= 0.6 is 23.2 Å². The summed E-state index contributed by atoms with van der Waals surface area (Å²) < 4.78 is 34.3. The standard InChI is InChI=1S/C33H33Cl2N3O5S/c1-3-36-33(40)31(21-24-11-6-4-7-12-24)37(22-28-29(34)15-10-16-30(28)35)32(39)23-38(25-13-8-5-9-14-25)44(41,42)27-19-17-26(43-2)18-20-27/h4-20,31H,3,21-23H2,1-2H3,(H,36,40)/t31-/m1/s1. The molecule has 230 valence electrons. The minimum atomic E-state index is -4.23. The summed E-state index contributed by atoms with van der Waals surface area (Å²) in [6, 6.07) is 27.5. The second-order valence-electron chi connectivity index (χ2n) is 9.84. The molecule has 0 heterocycles. The Balaban J connectivity index is 1.81. The maximum atomic E-state index is 14.4. The minimum Gasteiger partial charge on any atom is -0.497 e. The number of rotatable bonds is 13. The second-order valence-corrected chi connectivity index (χ2v) is 12.5. The van der Waals surface area contributed by atoms with Gasteiger partial charge in [0.1, 0.15) is 18.3 Å². The van der Waals surface area contributed by atoms with E-state index in [9.17, 15) is 18.0 Å². The van der Waals surface area contributed by atoms with Crippen LogP contribution in [0.3, 0.4) is 0 Å². The molecule has 0 aliphatic heterocycles. The summed E-state index contributed by atoms with van der Waals surface area (Å²) in [5.74, 6) is -0.522. The fourth-order valence-corrected chi connectivity index (χ4v) is 6.63. The van der Waals surface area contributed by atoms with Crippen molar-refractivity contribution >= 4 is 50.7 Å². The Morgan fingerprint density at radius 1 is 0.841 bits per heavy atom. The van der Waals surface area contributed by atoms with Crippen molar-refractivity contribution in [2.45, 2.75) is 30.8 Å². The van der Waals surface area contributed by atoms with Crippen molar-refractivity contribution in [2.24, 2.45) is 0 Å². The number of nitrogens with zero attached hydrogens (tertiary/aromatic N) is 2. The quantitative estimate of drug-likeness (QED) is 0.192. The Hall–Kier alpha value is -4.05. The Kier molecular flexibility index (Phi) is 11.3. The van der Waals surface area contributed by atoms with Crippen molar-refractivity contribution < 1.29 is 22.7 Å². The zero-order valence-corrected chi connectivity index (χ0v) is 26.6. The van der Waals surface area contributed by atoms with Crippen LogP contribution in [0, 0.1) is 0 Å². The third kappa shape index (κ3) is 7.91. The smallest absolute Gasteiger partial charge is 0.264 e. The number of benzene rings is 4. The summed E-state index contributed by atoms with van der Waals surface area (Å²) in [4.78, 5) is 29.3. The molecule has 1 atom stereocenters. The van der Waals surface area contributed by atoms with Gasteiger partial charge in [0, 0.05) is 35.1 Å². The SMILES string of the molecule is CCNC(=O)[C@@H](Cc1ccccc1)N(Cc1c(Cl)cccc1Cl)C(=O)CN(c1ccccc1)S(=O)(=O)c1ccc(OC)cc1. The van der Waals surface area contributed by atoms with E-state index < -0.39 is 34.4 Å². The largest absolute Gasteiger partial charge is 0.497 e. The Labute approximate surface area is 268 Å². The Bertz CT molecular complexity index is 1650. The highest BCUT2D eigenvalue weighted by atomic mass is 35.5. The van der Waals surface area contributed by atoms with E-state index in [0.717, 1.165) is 9.87 Å². The molecule has 2 amide bonds. The molecule has 0 fully saturated rings. The summed E-state index contributed by atoms with van der Waals surface area (Å²) >= 11 is 13.0. The minimum absolute atomic E-state index is 0.0276. The van der Waals surface area contributed by atoms with Crippen LogP contribution in [0.15, 0.2) is 108 Å². The lowest BCUT2D eigenvalue weighted by Crippen LogP contribution is -2.53. The number of para-hydroxylation sites is 1. The number of nitrogens with one attached hydrogen (secondary N) is 1. The van der Waals surface area contributed by atoms with Crippen molar-refractivity contribution in [1.82, 2.24) is 10.2 Å². The molecule has 1 N–H and O–H groups in total. The van der Waals surface area contributed by atoms with Gasteiger partial charge in [-0.15, -0.1) is 0 Å². The van der Waals surface area contributed by atoms with Crippen LogP contribution in [-0.4, -0.2) is 51.4 Å². The number of hydrogen-bond donors (Lipinski definition) is 1. The summed E-state index contributed by atoms with van der Waals surface area (Å²) in [6.45, 7) is 1.40. The zero-order chi connectivity index (χ0) is 31.7. The highest BCUT2D eigenvalue weighted by Gasteiger charge is 2.35. The maximum Gasteiger partial charge on any atom is 0.264 e. The number of carbonyl (C=O) groups excluding carboxylic acids is 2. The molecule has 0 aliphatic carbocycles. The molecule has 0 spiro atoms. The number of carbonyl (C=O) groups is 2. The predicted molar refractivity (Wildman–Crippen MR) is 174 cm³/mol. The highest BCUT2D eigenvalue weighted by Crippen LogP contribution is 2.29. The molecule has 0 bridgehead atoms. The number of amides is 2. The van der Waals surface area contributed by atoms with Crippen LogP contribution in [0.1, 0.15) is 18.1 Å². The van der Waals surface area contributed by atoms with E-state index in [2.05, 4.69) is 5.32 Å².